The van der Waals surface area contributed by atoms with Crippen LogP contribution in [0.3, 0.4) is 0 Å². The zero-order chi connectivity index (χ0) is 13.8. The molecule has 1 unspecified atom stereocenters. The Labute approximate surface area is 115 Å². The van der Waals surface area contributed by atoms with Gasteiger partial charge in [-0.2, -0.15) is 0 Å². The van der Waals surface area contributed by atoms with E-state index in [1.54, 1.807) is 19.0 Å². The van der Waals surface area contributed by atoms with Crippen molar-refractivity contribution in [3.8, 4) is 0 Å². The maximum Gasteiger partial charge on any atom is 0.241 e. The van der Waals surface area contributed by atoms with Gasteiger partial charge in [0.2, 0.25) is 5.91 Å². The van der Waals surface area contributed by atoms with Crippen LogP contribution in [-0.4, -0.2) is 36.0 Å². The van der Waals surface area contributed by atoms with Crippen molar-refractivity contribution in [2.45, 2.75) is 45.2 Å². The molecule has 1 aromatic rings. The summed E-state index contributed by atoms with van der Waals surface area (Å²) in [4.78, 5) is 13.4. The quantitative estimate of drug-likeness (QED) is 0.881. The molecule has 0 aromatic carbocycles. The molecule has 1 aliphatic carbocycles. The third-order valence-corrected chi connectivity index (χ3v) is 3.77. The van der Waals surface area contributed by atoms with Gasteiger partial charge in [0.15, 0.2) is 0 Å². The third-order valence-electron chi connectivity index (χ3n) is 3.77. The second-order valence-corrected chi connectivity index (χ2v) is 5.60. The van der Waals surface area contributed by atoms with Gasteiger partial charge in [0.05, 0.1) is 0 Å². The highest BCUT2D eigenvalue weighted by Crippen LogP contribution is 2.30. The number of aryl methyl sites for hydroxylation is 1. The van der Waals surface area contributed by atoms with E-state index in [4.69, 9.17) is 0 Å². The molecule has 0 saturated heterocycles. The van der Waals surface area contributed by atoms with Gasteiger partial charge < -0.3 is 14.8 Å². The van der Waals surface area contributed by atoms with Gasteiger partial charge in [-0.3, -0.25) is 4.79 Å². The van der Waals surface area contributed by atoms with Crippen LogP contribution < -0.4 is 5.32 Å². The highest BCUT2D eigenvalue weighted by molar-refractivity contribution is 5.75. The second-order valence-electron chi connectivity index (χ2n) is 5.60. The second kappa shape index (κ2) is 6.24. The predicted molar refractivity (Wildman–Crippen MR) is 77.1 cm³/mol. The maximum absolute atomic E-state index is 11.8. The molecule has 0 spiro atoms. The summed E-state index contributed by atoms with van der Waals surface area (Å²) < 4.78 is 2.04. The minimum atomic E-state index is 0.144. The number of nitrogens with zero attached hydrogens (tertiary/aromatic N) is 2. The zero-order valence-electron chi connectivity index (χ0n) is 12.3. The lowest BCUT2D eigenvalue weighted by atomic mass is 9.91. The van der Waals surface area contributed by atoms with Crippen molar-refractivity contribution in [1.29, 1.82) is 0 Å². The van der Waals surface area contributed by atoms with E-state index >= 15 is 0 Å². The molecule has 106 valence electrons. The van der Waals surface area contributed by atoms with Crippen LogP contribution in [0.1, 0.15) is 43.4 Å². The standard InChI is InChI=1S/C15H25N3O/c1-4-8-16-14-7-5-6-12-9-18(10-13(12)14)11-15(19)17(2)3/h9-10,14,16H,4-8,11H2,1-3H3. The van der Waals surface area contributed by atoms with Gasteiger partial charge in [-0.25, -0.2) is 0 Å². The molecule has 1 amide bonds. The minimum Gasteiger partial charge on any atom is -0.347 e. The molecule has 1 aliphatic rings. The Kier molecular flexibility index (Phi) is 4.64. The summed E-state index contributed by atoms with van der Waals surface area (Å²) in [5, 5.41) is 3.61. The number of aromatic nitrogens is 1. The smallest absolute Gasteiger partial charge is 0.241 e. The number of carbonyl (C=O) groups excluding carboxylic acids is 1. The lowest BCUT2D eigenvalue weighted by Crippen LogP contribution is -2.26. The molecule has 1 aromatic heterocycles. The highest BCUT2D eigenvalue weighted by Gasteiger charge is 2.21. The van der Waals surface area contributed by atoms with Gasteiger partial charge in [0, 0.05) is 32.5 Å². The largest absolute Gasteiger partial charge is 0.347 e. The molecule has 0 fully saturated rings. The van der Waals surface area contributed by atoms with Crippen LogP contribution in [0.25, 0.3) is 0 Å². The SMILES string of the molecule is CCCNC1CCCc2cn(CC(=O)N(C)C)cc21. The Bertz CT molecular complexity index is 437. The van der Waals surface area contributed by atoms with Crippen LogP contribution in [0.4, 0.5) is 0 Å². The van der Waals surface area contributed by atoms with Gasteiger partial charge in [-0.15, -0.1) is 0 Å². The van der Waals surface area contributed by atoms with Crippen molar-refractivity contribution in [3.63, 3.8) is 0 Å². The Balaban J connectivity index is 2.09. The topological polar surface area (TPSA) is 37.3 Å². The molecule has 2 rings (SSSR count). The average Bonchev–Trinajstić information content (AvgIpc) is 2.78. The number of amides is 1. The molecule has 19 heavy (non-hydrogen) atoms. The fraction of sp³-hybridized carbons (Fsp3) is 0.667. The molecule has 1 heterocycles. The zero-order valence-corrected chi connectivity index (χ0v) is 12.3. The van der Waals surface area contributed by atoms with Crippen molar-refractivity contribution in [1.82, 2.24) is 14.8 Å². The fourth-order valence-electron chi connectivity index (χ4n) is 2.67. The Morgan fingerprint density at radius 3 is 2.95 bits per heavy atom. The van der Waals surface area contributed by atoms with Crippen molar-refractivity contribution in [2.75, 3.05) is 20.6 Å². The first kappa shape index (κ1) is 14.1. The fourth-order valence-corrected chi connectivity index (χ4v) is 2.67. The molecule has 4 nitrogen and oxygen atoms in total. The van der Waals surface area contributed by atoms with Crippen molar-refractivity contribution in [2.24, 2.45) is 0 Å². The van der Waals surface area contributed by atoms with Crippen LogP contribution in [-0.2, 0) is 17.8 Å². The van der Waals surface area contributed by atoms with Gasteiger partial charge in [0.25, 0.3) is 0 Å². The number of nitrogens with one attached hydrogen (secondary N) is 1. The summed E-state index contributed by atoms with van der Waals surface area (Å²) in [7, 11) is 3.61. The van der Waals surface area contributed by atoms with E-state index < -0.39 is 0 Å². The van der Waals surface area contributed by atoms with Crippen molar-refractivity contribution < 1.29 is 4.79 Å². The Morgan fingerprint density at radius 1 is 1.47 bits per heavy atom. The number of carbonyl (C=O) groups is 1. The van der Waals surface area contributed by atoms with E-state index in [0.717, 1.165) is 19.4 Å². The van der Waals surface area contributed by atoms with E-state index in [1.807, 2.05) is 4.57 Å². The lowest BCUT2D eigenvalue weighted by Gasteiger charge is -2.23. The van der Waals surface area contributed by atoms with E-state index in [9.17, 15) is 4.79 Å². The summed E-state index contributed by atoms with van der Waals surface area (Å²) in [6.07, 6.45) is 9.05. The lowest BCUT2D eigenvalue weighted by molar-refractivity contribution is -0.129. The molecule has 0 saturated carbocycles. The van der Waals surface area contributed by atoms with Gasteiger partial charge >= 0.3 is 0 Å². The molecular weight excluding hydrogens is 238 g/mol. The monoisotopic (exact) mass is 263 g/mol. The molecule has 0 bridgehead atoms. The van der Waals surface area contributed by atoms with Gasteiger partial charge in [-0.05, 0) is 43.4 Å². The molecule has 1 N–H and O–H groups in total. The maximum atomic E-state index is 11.8. The van der Waals surface area contributed by atoms with Crippen LogP contribution >= 0.6 is 0 Å². The summed E-state index contributed by atoms with van der Waals surface area (Å²) in [6.45, 7) is 3.70. The normalized spacial score (nSPS) is 18.2. The summed E-state index contributed by atoms with van der Waals surface area (Å²) in [5.41, 5.74) is 2.80. The average molecular weight is 263 g/mol. The first-order valence-electron chi connectivity index (χ1n) is 7.24. The first-order valence-corrected chi connectivity index (χ1v) is 7.24. The van der Waals surface area contributed by atoms with Crippen LogP contribution in [0.15, 0.2) is 12.4 Å². The van der Waals surface area contributed by atoms with E-state index in [1.165, 1.54) is 24.0 Å². The third kappa shape index (κ3) is 3.38. The van der Waals surface area contributed by atoms with Crippen molar-refractivity contribution in [3.05, 3.63) is 23.5 Å². The summed E-state index contributed by atoms with van der Waals surface area (Å²) in [5.74, 6) is 0.144. The minimum absolute atomic E-state index is 0.144. The Morgan fingerprint density at radius 2 is 2.26 bits per heavy atom. The molecule has 0 radical (unpaired) electrons. The number of hydrogen-bond donors (Lipinski definition) is 1. The van der Waals surface area contributed by atoms with E-state index in [0.29, 0.717) is 12.6 Å². The molecule has 0 aliphatic heterocycles. The summed E-state index contributed by atoms with van der Waals surface area (Å²) in [6, 6.07) is 0.472. The van der Waals surface area contributed by atoms with Crippen LogP contribution in [0.5, 0.6) is 0 Å². The highest BCUT2D eigenvalue weighted by atomic mass is 16.2. The predicted octanol–water partition coefficient (Wildman–Crippen LogP) is 1.95. The van der Waals surface area contributed by atoms with E-state index in [2.05, 4.69) is 24.6 Å². The Hall–Kier alpha value is -1.29. The van der Waals surface area contributed by atoms with Crippen molar-refractivity contribution >= 4 is 5.91 Å². The van der Waals surface area contributed by atoms with E-state index in [-0.39, 0.29) is 5.91 Å². The first-order chi connectivity index (χ1) is 9.11. The van der Waals surface area contributed by atoms with Gasteiger partial charge in [0.1, 0.15) is 6.54 Å². The van der Waals surface area contributed by atoms with Crippen LogP contribution in [0.2, 0.25) is 0 Å². The number of hydrogen-bond acceptors (Lipinski definition) is 2. The number of likely N-dealkylation sites (N-methyl/N-ethyl adjacent to an activating group) is 1. The number of rotatable bonds is 5. The molecule has 4 heteroatoms. The van der Waals surface area contributed by atoms with Gasteiger partial charge in [-0.1, -0.05) is 6.92 Å². The molecule has 1 atom stereocenters. The van der Waals surface area contributed by atoms with Crippen LogP contribution in [0, 0.1) is 0 Å². The molecular formula is C15H25N3O. The number of fused-ring (bicyclic) bond motifs is 1. The summed E-state index contributed by atoms with van der Waals surface area (Å²) >= 11 is 0.